The first-order valence-electron chi connectivity index (χ1n) is 21.8. The number of benzene rings is 7. The van der Waals surface area contributed by atoms with E-state index >= 15 is 0 Å². The average Bonchev–Trinajstić information content (AvgIpc) is 3.30. The number of hydrogen-bond acceptors (Lipinski definition) is 10. The van der Waals surface area contributed by atoms with Crippen molar-refractivity contribution in [2.45, 2.75) is 51.3 Å². The number of aromatic carboxylic acids is 1. The number of urea groups is 2. The van der Waals surface area contributed by atoms with Gasteiger partial charge in [0.25, 0.3) is 20.2 Å². The molecular formula is C52H46N6O11S2. The Hall–Kier alpha value is -8.36. The highest BCUT2D eigenvalue weighted by molar-refractivity contribution is 7.86. The molecular weight excluding hydrogens is 949 g/mol. The molecule has 6 aromatic carbocycles. The Morgan fingerprint density at radius 3 is 1.92 bits per heavy atom. The van der Waals surface area contributed by atoms with Gasteiger partial charge in [0, 0.05) is 51.3 Å². The van der Waals surface area contributed by atoms with E-state index in [2.05, 4.69) is 26.6 Å². The maximum atomic E-state index is 13.4. The molecule has 1 heterocycles. The summed E-state index contributed by atoms with van der Waals surface area (Å²) in [5.74, 6) is -1.09. The van der Waals surface area contributed by atoms with Gasteiger partial charge in [-0.1, -0.05) is 54.6 Å². The molecule has 6 aromatic rings. The van der Waals surface area contributed by atoms with E-state index in [1.54, 1.807) is 67.6 Å². The predicted octanol–water partition coefficient (Wildman–Crippen LogP) is 11.5. The van der Waals surface area contributed by atoms with Gasteiger partial charge in [0.15, 0.2) is 0 Å². The maximum Gasteiger partial charge on any atom is 0.337 e. The number of nitrogens with zero attached hydrogens (tertiary/aromatic N) is 1. The molecule has 362 valence electrons. The van der Waals surface area contributed by atoms with Crippen molar-refractivity contribution < 1.29 is 49.8 Å². The number of hydrogen-bond donors (Lipinski definition) is 8. The standard InChI is InChI=1S/C52H46N6O11S2/c1-27-24-28(2)46(57-51(61)55-33-14-8-7-9-15-33)29(3)45(27)53-34-20-22-37-41(25-34)69-42-26-35(21-23-38(42)44(37)39-17-11-13-19-43(39)70(63,64)65)54-47-30(4)48(32(6)49(31(47)5)71(66,67)68)58-52(62)56-40-18-12-10-16-36(40)50(59)60/h7-26,53H,1-6H3,(H,59,60)(H2,55,57,61)(H2,56,58,62)(H,63,64,65)(H,66,67,68). The second kappa shape index (κ2) is 19.2. The second-order valence-corrected chi connectivity index (χ2v) is 19.5. The van der Waals surface area contributed by atoms with E-state index in [4.69, 9.17) is 9.41 Å². The summed E-state index contributed by atoms with van der Waals surface area (Å²) in [6.07, 6.45) is 0. The Balaban J connectivity index is 1.26. The van der Waals surface area contributed by atoms with E-state index in [9.17, 15) is 45.4 Å². The third kappa shape index (κ3) is 10.1. The Bertz CT molecular complexity index is 3780. The first-order valence-corrected chi connectivity index (χ1v) is 24.6. The molecule has 0 spiro atoms. The van der Waals surface area contributed by atoms with Crippen LogP contribution in [0.3, 0.4) is 0 Å². The Morgan fingerprint density at radius 1 is 0.563 bits per heavy atom. The molecule has 17 nitrogen and oxygen atoms in total. The molecule has 0 fully saturated rings. The molecule has 4 amide bonds. The van der Waals surface area contributed by atoms with Gasteiger partial charge < -0.3 is 36.1 Å². The third-order valence-electron chi connectivity index (χ3n) is 11.9. The topological polar surface area (TPSA) is 266 Å². The average molecular weight is 995 g/mol. The number of nitrogens with one attached hydrogen (secondary N) is 5. The van der Waals surface area contributed by atoms with E-state index in [1.807, 2.05) is 45.0 Å². The van der Waals surface area contributed by atoms with E-state index in [1.165, 1.54) is 50.2 Å². The molecule has 0 atom stereocenters. The van der Waals surface area contributed by atoms with Crippen molar-refractivity contribution in [3.63, 3.8) is 0 Å². The second-order valence-electron chi connectivity index (χ2n) is 16.7. The van der Waals surface area contributed by atoms with Crippen LogP contribution in [-0.2, 0) is 20.2 Å². The van der Waals surface area contributed by atoms with Crippen LogP contribution in [0.15, 0.2) is 141 Å². The van der Waals surface area contributed by atoms with Gasteiger partial charge in [0.05, 0.1) is 33.7 Å². The van der Waals surface area contributed by atoms with Crippen molar-refractivity contribution in [1.29, 1.82) is 0 Å². The molecule has 0 radical (unpaired) electrons. The van der Waals surface area contributed by atoms with Crippen LogP contribution in [0.25, 0.3) is 33.4 Å². The van der Waals surface area contributed by atoms with Gasteiger partial charge in [-0.15, -0.1) is 0 Å². The highest BCUT2D eigenvalue weighted by atomic mass is 32.2. The number of aryl methyl sites for hydroxylation is 2. The van der Waals surface area contributed by atoms with Gasteiger partial charge in [0.2, 0.25) is 0 Å². The van der Waals surface area contributed by atoms with E-state index in [0.717, 1.165) is 16.7 Å². The van der Waals surface area contributed by atoms with E-state index < -0.39 is 43.2 Å². The van der Waals surface area contributed by atoms with Crippen molar-refractivity contribution >= 4 is 89.0 Å². The molecule has 1 aliphatic carbocycles. The van der Waals surface area contributed by atoms with Crippen LogP contribution < -0.4 is 31.9 Å². The normalized spacial score (nSPS) is 11.9. The zero-order valence-corrected chi connectivity index (χ0v) is 40.6. The SMILES string of the molecule is Cc1cc(C)c(Nc2ccc3c(-c4ccccc4S(=O)(=O)O)c4ccc(=Nc5c(C)c(NC(=O)Nc6ccccc6C(=O)O)c(C)c(S(=O)(=O)O)c5C)cc-4oc3c2)c(C)c1NC(=O)Nc1ccccc1. The summed E-state index contributed by atoms with van der Waals surface area (Å²) >= 11 is 0. The van der Waals surface area contributed by atoms with E-state index in [0.29, 0.717) is 44.8 Å². The molecule has 2 aliphatic rings. The zero-order chi connectivity index (χ0) is 51.1. The summed E-state index contributed by atoms with van der Waals surface area (Å²) in [7, 11) is -9.67. The summed E-state index contributed by atoms with van der Waals surface area (Å²) in [4.78, 5) is 42.3. The number of anilines is 6. The highest BCUT2D eigenvalue weighted by Crippen LogP contribution is 2.44. The largest absolute Gasteiger partial charge is 0.478 e. The number of amides is 4. The summed E-state index contributed by atoms with van der Waals surface area (Å²) in [5.41, 5.74) is 6.35. The fourth-order valence-corrected chi connectivity index (χ4v) is 10.5. The Morgan fingerprint density at radius 2 is 1.21 bits per heavy atom. The molecule has 8 N–H and O–H groups in total. The minimum atomic E-state index is -4.92. The van der Waals surface area contributed by atoms with Crippen LogP contribution in [0.1, 0.15) is 43.7 Å². The number of carboxylic acid groups (broad SMARTS) is 1. The molecule has 8 rings (SSSR count). The summed E-state index contributed by atoms with van der Waals surface area (Å²) in [5, 5.41) is 24.7. The molecule has 71 heavy (non-hydrogen) atoms. The molecule has 0 unspecified atom stereocenters. The minimum Gasteiger partial charge on any atom is -0.478 e. The lowest BCUT2D eigenvalue weighted by molar-refractivity contribution is 0.0698. The van der Waals surface area contributed by atoms with Gasteiger partial charge in [-0.25, -0.2) is 19.4 Å². The number of rotatable bonds is 11. The summed E-state index contributed by atoms with van der Waals surface area (Å²) in [6.45, 7) is 10.1. The first kappa shape index (κ1) is 49.1. The van der Waals surface area contributed by atoms with Gasteiger partial charge in [-0.3, -0.25) is 9.11 Å². The third-order valence-corrected chi connectivity index (χ3v) is 14.0. The monoisotopic (exact) mass is 994 g/mol. The number of para-hydroxylation sites is 2. The number of carboxylic acids is 1. The molecule has 1 aliphatic heterocycles. The van der Waals surface area contributed by atoms with Crippen molar-refractivity contribution in [3.05, 3.63) is 166 Å². The molecule has 0 saturated carbocycles. The Kier molecular flexibility index (Phi) is 13.3. The minimum absolute atomic E-state index is 0.00766. The quantitative estimate of drug-likeness (QED) is 0.0444. The van der Waals surface area contributed by atoms with Gasteiger partial charge in [0.1, 0.15) is 21.1 Å². The predicted molar refractivity (Wildman–Crippen MR) is 273 cm³/mol. The van der Waals surface area contributed by atoms with Crippen LogP contribution >= 0.6 is 0 Å². The molecule has 0 saturated heterocycles. The Labute approximate surface area is 408 Å². The number of carbonyl (C=O) groups is 3. The summed E-state index contributed by atoms with van der Waals surface area (Å²) < 4.78 is 79.1. The van der Waals surface area contributed by atoms with Crippen LogP contribution in [0, 0.1) is 41.5 Å². The fraction of sp³-hybridized carbons (Fsp3) is 0.115. The van der Waals surface area contributed by atoms with E-state index in [-0.39, 0.29) is 60.9 Å². The van der Waals surface area contributed by atoms with Crippen LogP contribution in [0.2, 0.25) is 0 Å². The van der Waals surface area contributed by atoms with Crippen LogP contribution in [0.4, 0.5) is 49.4 Å². The van der Waals surface area contributed by atoms with Gasteiger partial charge in [-0.2, -0.15) is 16.8 Å². The van der Waals surface area contributed by atoms with Crippen LogP contribution in [0.5, 0.6) is 0 Å². The van der Waals surface area contributed by atoms with Crippen molar-refractivity contribution in [2.24, 2.45) is 4.99 Å². The lowest BCUT2D eigenvalue weighted by Gasteiger charge is -2.21. The van der Waals surface area contributed by atoms with Gasteiger partial charge >= 0.3 is 18.0 Å². The fourth-order valence-electron chi connectivity index (χ4n) is 8.83. The molecule has 0 bridgehead atoms. The maximum absolute atomic E-state index is 13.4. The molecule has 19 heteroatoms. The summed E-state index contributed by atoms with van der Waals surface area (Å²) in [6, 6.07) is 31.3. The van der Waals surface area contributed by atoms with Crippen molar-refractivity contribution in [3.8, 4) is 22.5 Å². The molecule has 0 aromatic heterocycles. The number of carbonyl (C=O) groups excluding carboxylic acids is 2. The van der Waals surface area contributed by atoms with Crippen molar-refractivity contribution in [1.82, 2.24) is 0 Å². The zero-order valence-electron chi connectivity index (χ0n) is 38.9. The van der Waals surface area contributed by atoms with Gasteiger partial charge in [-0.05, 0) is 130 Å². The number of fused-ring (bicyclic) bond motifs is 2. The highest BCUT2D eigenvalue weighted by Gasteiger charge is 2.27. The lowest BCUT2D eigenvalue weighted by Crippen LogP contribution is -2.23. The smallest absolute Gasteiger partial charge is 0.337 e. The van der Waals surface area contributed by atoms with Crippen LogP contribution in [-0.4, -0.2) is 49.1 Å². The first-order chi connectivity index (χ1) is 33.6. The lowest BCUT2D eigenvalue weighted by atomic mass is 9.93. The van der Waals surface area contributed by atoms with Crippen molar-refractivity contribution in [2.75, 3.05) is 26.6 Å².